The van der Waals surface area contributed by atoms with E-state index in [-0.39, 0.29) is 29.0 Å². The standard InChI is InChI=1S/C31H38FN3O4S/c1-6-28(31(37)33-19-22(2)3)34(20-25-12-8-7-11-24(25)5)30(36)21-35(29-14-10-9-13-27(29)32)40(38,39)26-17-15-23(4)16-18-26/h7-18,22,28H,6,19-21H2,1-5H3,(H,33,37). The van der Waals surface area contributed by atoms with Crippen LogP contribution in [-0.4, -0.2) is 44.3 Å². The molecule has 2 amide bonds. The third-order valence-corrected chi connectivity index (χ3v) is 8.46. The Labute approximate surface area is 237 Å². The van der Waals surface area contributed by atoms with Gasteiger partial charge in [0.1, 0.15) is 18.4 Å². The molecule has 0 aromatic heterocycles. The van der Waals surface area contributed by atoms with E-state index in [2.05, 4.69) is 5.32 Å². The SMILES string of the molecule is CCC(C(=O)NCC(C)C)N(Cc1ccccc1C)C(=O)CN(c1ccccc1F)S(=O)(=O)c1ccc(C)cc1. The highest BCUT2D eigenvalue weighted by Gasteiger charge is 2.34. The van der Waals surface area contributed by atoms with Crippen LogP contribution >= 0.6 is 0 Å². The molecule has 1 unspecified atom stereocenters. The van der Waals surface area contributed by atoms with Gasteiger partial charge in [-0.05, 0) is 61.6 Å². The molecule has 0 fully saturated rings. The number of benzene rings is 3. The number of carbonyl (C=O) groups excluding carboxylic acids is 2. The number of nitrogens with one attached hydrogen (secondary N) is 1. The molecule has 0 aliphatic rings. The fourth-order valence-corrected chi connectivity index (χ4v) is 5.74. The molecule has 7 nitrogen and oxygen atoms in total. The summed E-state index contributed by atoms with van der Waals surface area (Å²) in [7, 11) is -4.33. The molecule has 0 saturated carbocycles. The molecule has 3 aromatic rings. The quantitative estimate of drug-likeness (QED) is 0.325. The molecule has 214 valence electrons. The molecule has 0 aliphatic carbocycles. The molecule has 0 saturated heterocycles. The summed E-state index contributed by atoms with van der Waals surface area (Å²) >= 11 is 0. The fourth-order valence-electron chi connectivity index (χ4n) is 4.32. The first-order chi connectivity index (χ1) is 18.9. The number of rotatable bonds is 12. The minimum absolute atomic E-state index is 0.0682. The highest BCUT2D eigenvalue weighted by atomic mass is 32.2. The first kappa shape index (κ1) is 30.8. The monoisotopic (exact) mass is 567 g/mol. The number of hydrogen-bond acceptors (Lipinski definition) is 4. The van der Waals surface area contributed by atoms with Crippen molar-refractivity contribution in [1.29, 1.82) is 0 Å². The van der Waals surface area contributed by atoms with E-state index in [4.69, 9.17) is 0 Å². The van der Waals surface area contributed by atoms with E-state index in [0.717, 1.165) is 27.1 Å². The topological polar surface area (TPSA) is 86.8 Å². The Morgan fingerprint density at radius 3 is 2.15 bits per heavy atom. The number of halogens is 1. The van der Waals surface area contributed by atoms with Crippen LogP contribution in [0.2, 0.25) is 0 Å². The second-order valence-electron chi connectivity index (χ2n) is 10.3. The lowest BCUT2D eigenvalue weighted by molar-refractivity contribution is -0.140. The molecule has 9 heteroatoms. The summed E-state index contributed by atoms with van der Waals surface area (Å²) < 4.78 is 43.5. The Bertz CT molecular complexity index is 1420. The van der Waals surface area contributed by atoms with Gasteiger partial charge in [-0.25, -0.2) is 12.8 Å². The molecular weight excluding hydrogens is 529 g/mol. The highest BCUT2D eigenvalue weighted by molar-refractivity contribution is 7.92. The second-order valence-corrected chi connectivity index (χ2v) is 12.1. The maximum Gasteiger partial charge on any atom is 0.264 e. The number of para-hydroxylation sites is 1. The van der Waals surface area contributed by atoms with Crippen molar-refractivity contribution in [3.8, 4) is 0 Å². The summed E-state index contributed by atoms with van der Waals surface area (Å²) in [6.07, 6.45) is 0.311. The Morgan fingerprint density at radius 2 is 1.55 bits per heavy atom. The number of hydrogen-bond donors (Lipinski definition) is 1. The van der Waals surface area contributed by atoms with Crippen LogP contribution in [0.25, 0.3) is 0 Å². The minimum Gasteiger partial charge on any atom is -0.354 e. The average Bonchev–Trinajstić information content (AvgIpc) is 2.92. The fraction of sp³-hybridized carbons (Fsp3) is 0.355. The summed E-state index contributed by atoms with van der Waals surface area (Å²) in [5, 5.41) is 2.90. The molecule has 1 N–H and O–H groups in total. The minimum atomic E-state index is -4.33. The zero-order chi connectivity index (χ0) is 29.4. The van der Waals surface area contributed by atoms with Gasteiger partial charge >= 0.3 is 0 Å². The highest BCUT2D eigenvalue weighted by Crippen LogP contribution is 2.27. The average molecular weight is 568 g/mol. The molecule has 40 heavy (non-hydrogen) atoms. The largest absolute Gasteiger partial charge is 0.354 e. The predicted octanol–water partition coefficient (Wildman–Crippen LogP) is 5.22. The van der Waals surface area contributed by atoms with Crippen LogP contribution in [0.1, 0.15) is 43.9 Å². The smallest absolute Gasteiger partial charge is 0.264 e. The van der Waals surface area contributed by atoms with Crippen LogP contribution < -0.4 is 9.62 Å². The molecular formula is C31H38FN3O4S. The molecule has 0 spiro atoms. The molecule has 0 bridgehead atoms. The van der Waals surface area contributed by atoms with E-state index in [1.165, 1.54) is 35.2 Å². The summed E-state index contributed by atoms with van der Waals surface area (Å²) in [6.45, 7) is 9.32. The van der Waals surface area contributed by atoms with Crippen molar-refractivity contribution in [3.63, 3.8) is 0 Å². The van der Waals surface area contributed by atoms with Crippen LogP contribution in [0, 0.1) is 25.6 Å². The third-order valence-electron chi connectivity index (χ3n) is 6.68. The van der Waals surface area contributed by atoms with Crippen LogP contribution in [0.15, 0.2) is 77.7 Å². The van der Waals surface area contributed by atoms with E-state index < -0.39 is 34.3 Å². The Balaban J connectivity index is 2.07. The maximum absolute atomic E-state index is 15.0. The van der Waals surface area contributed by atoms with Gasteiger partial charge in [-0.15, -0.1) is 0 Å². The van der Waals surface area contributed by atoms with Crippen molar-refractivity contribution >= 4 is 27.5 Å². The van der Waals surface area contributed by atoms with Gasteiger partial charge in [0.2, 0.25) is 11.8 Å². The number of sulfonamides is 1. The van der Waals surface area contributed by atoms with Crippen molar-refractivity contribution < 1.29 is 22.4 Å². The van der Waals surface area contributed by atoms with Crippen LogP contribution in [0.3, 0.4) is 0 Å². The van der Waals surface area contributed by atoms with Crippen molar-refractivity contribution in [2.45, 2.75) is 58.5 Å². The zero-order valence-corrected chi connectivity index (χ0v) is 24.5. The van der Waals surface area contributed by atoms with Gasteiger partial charge in [-0.1, -0.05) is 74.9 Å². The van der Waals surface area contributed by atoms with Gasteiger partial charge in [0.05, 0.1) is 10.6 Å². The number of aryl methyl sites for hydroxylation is 2. The van der Waals surface area contributed by atoms with Crippen molar-refractivity contribution in [3.05, 3.63) is 95.3 Å². The maximum atomic E-state index is 15.0. The Morgan fingerprint density at radius 1 is 0.925 bits per heavy atom. The third kappa shape index (κ3) is 7.47. The molecule has 3 aromatic carbocycles. The lowest BCUT2D eigenvalue weighted by Crippen LogP contribution is -2.52. The summed E-state index contributed by atoms with van der Waals surface area (Å²) in [4.78, 5) is 28.6. The summed E-state index contributed by atoms with van der Waals surface area (Å²) in [6, 6.07) is 18.2. The van der Waals surface area contributed by atoms with Gasteiger partial charge in [0, 0.05) is 13.1 Å². The van der Waals surface area contributed by atoms with Crippen molar-refractivity contribution in [1.82, 2.24) is 10.2 Å². The summed E-state index contributed by atoms with van der Waals surface area (Å²) in [5.41, 5.74) is 2.36. The van der Waals surface area contributed by atoms with Crippen LogP contribution in [0.4, 0.5) is 10.1 Å². The number of nitrogens with zero attached hydrogens (tertiary/aromatic N) is 2. The number of anilines is 1. The Hall–Kier alpha value is -3.72. The van der Waals surface area contributed by atoms with Gasteiger partial charge in [-0.2, -0.15) is 0 Å². The molecule has 0 aliphatic heterocycles. The Kier molecular flexibility index (Phi) is 10.5. The van der Waals surface area contributed by atoms with Crippen LogP contribution in [-0.2, 0) is 26.2 Å². The normalized spacial score (nSPS) is 12.2. The molecule has 3 rings (SSSR count). The van der Waals surface area contributed by atoms with Crippen LogP contribution in [0.5, 0.6) is 0 Å². The van der Waals surface area contributed by atoms with E-state index in [9.17, 15) is 18.0 Å². The van der Waals surface area contributed by atoms with Gasteiger partial charge < -0.3 is 10.2 Å². The lowest BCUT2D eigenvalue weighted by Gasteiger charge is -2.33. The van der Waals surface area contributed by atoms with Crippen molar-refractivity contribution in [2.75, 3.05) is 17.4 Å². The lowest BCUT2D eigenvalue weighted by atomic mass is 10.1. The molecule has 0 heterocycles. The van der Waals surface area contributed by atoms with Crippen molar-refractivity contribution in [2.24, 2.45) is 5.92 Å². The first-order valence-electron chi connectivity index (χ1n) is 13.4. The van der Waals surface area contributed by atoms with Gasteiger partial charge in [0.15, 0.2) is 0 Å². The number of carbonyl (C=O) groups is 2. The van der Waals surface area contributed by atoms with E-state index in [1.807, 2.05) is 52.0 Å². The molecule has 1 atom stereocenters. The first-order valence-corrected chi connectivity index (χ1v) is 14.8. The van der Waals surface area contributed by atoms with Gasteiger partial charge in [0.25, 0.3) is 10.0 Å². The summed E-state index contributed by atoms with van der Waals surface area (Å²) in [5.74, 6) is -1.51. The number of amides is 2. The van der Waals surface area contributed by atoms with E-state index in [0.29, 0.717) is 13.0 Å². The zero-order valence-electron chi connectivity index (χ0n) is 23.7. The predicted molar refractivity (Wildman–Crippen MR) is 156 cm³/mol. The second kappa shape index (κ2) is 13.6. The van der Waals surface area contributed by atoms with E-state index >= 15 is 4.39 Å². The molecule has 0 radical (unpaired) electrons. The van der Waals surface area contributed by atoms with E-state index in [1.54, 1.807) is 19.1 Å². The van der Waals surface area contributed by atoms with Gasteiger partial charge in [-0.3, -0.25) is 13.9 Å².